The molecule has 0 aliphatic rings. The molecule has 0 heterocycles. The van der Waals surface area contributed by atoms with E-state index in [1.165, 1.54) is 5.56 Å². The van der Waals surface area contributed by atoms with E-state index < -0.39 is 0 Å². The molecule has 0 atom stereocenters. The van der Waals surface area contributed by atoms with Gasteiger partial charge in [0.15, 0.2) is 0 Å². The normalized spacial score (nSPS) is 9.35. The number of aryl methyl sites for hydroxylation is 1. The van der Waals surface area contributed by atoms with Crippen LogP contribution in [0.25, 0.3) is 5.57 Å². The van der Waals surface area contributed by atoms with Crippen LogP contribution < -0.4 is 0 Å². The molecule has 0 N–H and O–H groups in total. The molecule has 0 saturated heterocycles. The molecule has 0 aliphatic carbocycles. The van der Waals surface area contributed by atoms with E-state index in [2.05, 4.69) is 19.7 Å². The summed E-state index contributed by atoms with van der Waals surface area (Å²) in [5.74, 6) is -0.383. The van der Waals surface area contributed by atoms with Crippen molar-refractivity contribution in [1.82, 2.24) is 0 Å². The number of hydrogen-bond donors (Lipinski definition) is 0. The molecule has 0 unspecified atom stereocenters. The van der Waals surface area contributed by atoms with Crippen molar-refractivity contribution < 1.29 is 4.39 Å². The lowest BCUT2D eigenvalue weighted by Crippen LogP contribution is -1.84. The lowest BCUT2D eigenvalue weighted by Gasteiger charge is -2.03. The summed E-state index contributed by atoms with van der Waals surface area (Å²) in [5, 5.41) is 0. The van der Waals surface area contributed by atoms with Crippen molar-refractivity contribution in [2.75, 3.05) is 0 Å². The van der Waals surface area contributed by atoms with Crippen molar-refractivity contribution in [3.63, 3.8) is 0 Å². The van der Waals surface area contributed by atoms with Crippen LogP contribution in [0.15, 0.2) is 55.9 Å². The Morgan fingerprint density at radius 1 is 1.12 bits per heavy atom. The first-order chi connectivity index (χ1) is 8.15. The van der Waals surface area contributed by atoms with Gasteiger partial charge in [-0.3, -0.25) is 0 Å². The van der Waals surface area contributed by atoms with E-state index in [1.54, 1.807) is 13.0 Å². The molecule has 1 aromatic carbocycles. The maximum atomic E-state index is 12.9. The quantitative estimate of drug-likeness (QED) is 0.454. The predicted octanol–water partition coefficient (Wildman–Crippen LogP) is 5.71. The highest BCUT2D eigenvalue weighted by Gasteiger charge is 2.02. The SMILES string of the molecule is C=C.C=C(F)/C(=C\C)c1ccc(C)cc1.CC. The van der Waals surface area contributed by atoms with Crippen LogP contribution in [0.3, 0.4) is 0 Å². The van der Waals surface area contributed by atoms with Crippen LogP contribution in [-0.2, 0) is 0 Å². The summed E-state index contributed by atoms with van der Waals surface area (Å²) >= 11 is 0. The van der Waals surface area contributed by atoms with E-state index in [0.717, 1.165) is 5.56 Å². The summed E-state index contributed by atoms with van der Waals surface area (Å²) < 4.78 is 12.9. The Hall–Kier alpha value is -1.63. The molecule has 0 aromatic heterocycles. The zero-order chi connectivity index (χ0) is 13.8. The van der Waals surface area contributed by atoms with Gasteiger partial charge in [0.05, 0.1) is 0 Å². The minimum atomic E-state index is -0.383. The number of benzene rings is 1. The second-order valence-electron chi connectivity index (χ2n) is 2.97. The molecule has 0 nitrogen and oxygen atoms in total. The third-order valence-corrected chi connectivity index (χ3v) is 1.94. The van der Waals surface area contributed by atoms with Gasteiger partial charge in [-0.1, -0.05) is 56.3 Å². The van der Waals surface area contributed by atoms with Crippen molar-refractivity contribution in [3.05, 3.63) is 67.0 Å². The Morgan fingerprint density at radius 3 is 1.82 bits per heavy atom. The summed E-state index contributed by atoms with van der Waals surface area (Å²) in [6.07, 6.45) is 1.73. The molecule has 1 aromatic rings. The molecular formula is C16H23F. The van der Waals surface area contributed by atoms with Crippen molar-refractivity contribution in [3.8, 4) is 0 Å². The molecule has 0 aliphatic heterocycles. The van der Waals surface area contributed by atoms with Crippen LogP contribution >= 0.6 is 0 Å². The number of allylic oxidation sites excluding steroid dienone is 3. The highest BCUT2D eigenvalue weighted by atomic mass is 19.1. The minimum absolute atomic E-state index is 0.383. The summed E-state index contributed by atoms with van der Waals surface area (Å²) in [6, 6.07) is 7.72. The maximum Gasteiger partial charge on any atom is 0.123 e. The molecule has 1 rings (SSSR count). The first-order valence-corrected chi connectivity index (χ1v) is 5.73. The van der Waals surface area contributed by atoms with Crippen molar-refractivity contribution in [2.45, 2.75) is 27.7 Å². The zero-order valence-corrected chi connectivity index (χ0v) is 11.4. The number of halogens is 1. The van der Waals surface area contributed by atoms with Crippen LogP contribution in [0.1, 0.15) is 31.9 Å². The predicted molar refractivity (Wildman–Crippen MR) is 77.7 cm³/mol. The zero-order valence-electron chi connectivity index (χ0n) is 11.4. The molecule has 1 heteroatoms. The second kappa shape index (κ2) is 10.9. The maximum absolute atomic E-state index is 12.9. The van der Waals surface area contributed by atoms with Crippen LogP contribution in [0.2, 0.25) is 0 Å². The fourth-order valence-electron chi connectivity index (χ4n) is 1.21. The molecule has 94 valence electrons. The van der Waals surface area contributed by atoms with Crippen LogP contribution in [0.5, 0.6) is 0 Å². The summed E-state index contributed by atoms with van der Waals surface area (Å²) in [6.45, 7) is 17.1. The van der Waals surface area contributed by atoms with Crippen molar-refractivity contribution in [1.29, 1.82) is 0 Å². The van der Waals surface area contributed by atoms with Gasteiger partial charge >= 0.3 is 0 Å². The van der Waals surface area contributed by atoms with Gasteiger partial charge in [0, 0.05) is 5.57 Å². The Kier molecular flexibility index (Phi) is 11.4. The second-order valence-corrected chi connectivity index (χ2v) is 2.97. The molecule has 0 bridgehead atoms. The van der Waals surface area contributed by atoms with Crippen LogP contribution in [0, 0.1) is 6.92 Å². The average Bonchev–Trinajstić information content (AvgIpc) is 2.37. The van der Waals surface area contributed by atoms with Gasteiger partial charge in [0.1, 0.15) is 5.83 Å². The van der Waals surface area contributed by atoms with E-state index in [4.69, 9.17) is 0 Å². The summed E-state index contributed by atoms with van der Waals surface area (Å²) in [5.41, 5.74) is 2.62. The third kappa shape index (κ3) is 6.52. The summed E-state index contributed by atoms with van der Waals surface area (Å²) in [4.78, 5) is 0. The topological polar surface area (TPSA) is 0 Å². The fourth-order valence-corrected chi connectivity index (χ4v) is 1.21. The van der Waals surface area contributed by atoms with Gasteiger partial charge in [-0.25, -0.2) is 4.39 Å². The Balaban J connectivity index is 0. The van der Waals surface area contributed by atoms with Gasteiger partial charge in [-0.15, -0.1) is 13.2 Å². The average molecular weight is 234 g/mol. The smallest absolute Gasteiger partial charge is 0.123 e. The molecule has 0 saturated carbocycles. The third-order valence-electron chi connectivity index (χ3n) is 1.94. The molecule has 0 amide bonds. The van der Waals surface area contributed by atoms with E-state index >= 15 is 0 Å². The largest absolute Gasteiger partial charge is 0.207 e. The standard InChI is InChI=1S/C12H13F.C2H6.C2H4/c1-4-12(10(3)13)11-7-5-9(2)6-8-11;2*1-2/h4-8H,3H2,1-2H3;1-2H3;1-2H2/b12-4+;;. The van der Waals surface area contributed by atoms with Gasteiger partial charge in [0.2, 0.25) is 0 Å². The van der Waals surface area contributed by atoms with Crippen molar-refractivity contribution >= 4 is 5.57 Å². The van der Waals surface area contributed by atoms with Crippen molar-refractivity contribution in [2.24, 2.45) is 0 Å². The van der Waals surface area contributed by atoms with Gasteiger partial charge in [-0.2, -0.15) is 0 Å². The van der Waals surface area contributed by atoms with Gasteiger partial charge < -0.3 is 0 Å². The van der Waals surface area contributed by atoms with Gasteiger partial charge in [0.25, 0.3) is 0 Å². The van der Waals surface area contributed by atoms with E-state index in [1.807, 2.05) is 45.0 Å². The first-order valence-electron chi connectivity index (χ1n) is 5.73. The lowest BCUT2D eigenvalue weighted by atomic mass is 10.0. The molecule has 17 heavy (non-hydrogen) atoms. The Bertz CT molecular complexity index is 344. The Morgan fingerprint density at radius 2 is 1.53 bits per heavy atom. The summed E-state index contributed by atoms with van der Waals surface area (Å²) in [7, 11) is 0. The van der Waals surface area contributed by atoms with Crippen LogP contribution in [-0.4, -0.2) is 0 Å². The van der Waals surface area contributed by atoms with E-state index in [9.17, 15) is 4.39 Å². The minimum Gasteiger partial charge on any atom is -0.207 e. The molecule has 0 fully saturated rings. The molecule has 0 spiro atoms. The molecular weight excluding hydrogens is 211 g/mol. The highest BCUT2D eigenvalue weighted by molar-refractivity contribution is 5.76. The van der Waals surface area contributed by atoms with E-state index in [-0.39, 0.29) is 5.83 Å². The fraction of sp³-hybridized carbons (Fsp3) is 0.250. The number of rotatable bonds is 2. The first kappa shape index (κ1) is 17.8. The van der Waals surface area contributed by atoms with Gasteiger partial charge in [-0.05, 0) is 19.4 Å². The lowest BCUT2D eigenvalue weighted by molar-refractivity contribution is 0.678. The van der Waals surface area contributed by atoms with Crippen LogP contribution in [0.4, 0.5) is 4.39 Å². The monoisotopic (exact) mass is 234 g/mol. The Labute approximate surface area is 105 Å². The molecule has 0 radical (unpaired) electrons. The van der Waals surface area contributed by atoms with E-state index in [0.29, 0.717) is 5.57 Å². The highest BCUT2D eigenvalue weighted by Crippen LogP contribution is 2.22. The number of hydrogen-bond acceptors (Lipinski definition) is 0.